The summed E-state index contributed by atoms with van der Waals surface area (Å²) in [4.78, 5) is 54.3. The Hall–Kier alpha value is -3.93. The van der Waals surface area contributed by atoms with Gasteiger partial charge in [-0.15, -0.1) is 0 Å². The number of H-pyrrole nitrogens is 1. The number of phenols is 1. The number of primary amides is 1. The molecule has 0 aliphatic carbocycles. The third kappa shape index (κ3) is 7.44. The highest BCUT2D eigenvalue weighted by Crippen LogP contribution is 2.12. The summed E-state index contributed by atoms with van der Waals surface area (Å²) in [6.45, 7) is 0. The normalized spacial score (nSPS) is 13.6. The van der Waals surface area contributed by atoms with Gasteiger partial charge >= 0.3 is 5.97 Å². The maximum absolute atomic E-state index is 12.8. The average Bonchev–Trinajstić information content (AvgIpc) is 3.21. The number of amides is 3. The van der Waals surface area contributed by atoms with Crippen LogP contribution in [0.4, 0.5) is 0 Å². The van der Waals surface area contributed by atoms with Crippen LogP contribution in [0.5, 0.6) is 5.75 Å². The molecule has 1 aromatic carbocycles. The highest BCUT2D eigenvalue weighted by Gasteiger charge is 2.29. The van der Waals surface area contributed by atoms with Gasteiger partial charge in [0.1, 0.15) is 17.8 Å². The van der Waals surface area contributed by atoms with Crippen molar-refractivity contribution in [2.75, 3.05) is 0 Å². The van der Waals surface area contributed by atoms with Gasteiger partial charge in [0.25, 0.3) is 0 Å². The van der Waals surface area contributed by atoms with E-state index in [1.165, 1.54) is 24.7 Å². The maximum Gasteiger partial charge on any atom is 0.326 e. The van der Waals surface area contributed by atoms with Crippen molar-refractivity contribution in [2.45, 2.75) is 37.4 Å². The van der Waals surface area contributed by atoms with Crippen LogP contribution in [0.3, 0.4) is 0 Å². The number of carboxylic acid groups (broad SMARTS) is 1. The molecule has 12 nitrogen and oxygen atoms in total. The van der Waals surface area contributed by atoms with Crippen molar-refractivity contribution >= 4 is 23.7 Å². The maximum atomic E-state index is 12.8. The molecule has 0 aliphatic rings. The fourth-order valence-electron chi connectivity index (χ4n) is 2.75. The average molecular weight is 432 g/mol. The fourth-order valence-corrected chi connectivity index (χ4v) is 2.75. The molecule has 1 aromatic heterocycles. The van der Waals surface area contributed by atoms with Crippen LogP contribution < -0.4 is 22.1 Å². The summed E-state index contributed by atoms with van der Waals surface area (Å²) < 4.78 is 0. The third-order valence-electron chi connectivity index (χ3n) is 4.36. The van der Waals surface area contributed by atoms with Crippen molar-refractivity contribution in [3.05, 3.63) is 48.0 Å². The van der Waals surface area contributed by atoms with Crippen LogP contribution >= 0.6 is 0 Å². The van der Waals surface area contributed by atoms with Crippen molar-refractivity contribution in [1.82, 2.24) is 20.6 Å². The van der Waals surface area contributed by atoms with E-state index in [0.29, 0.717) is 11.3 Å². The number of hydrogen-bond acceptors (Lipinski definition) is 7. The first-order valence-electron chi connectivity index (χ1n) is 9.28. The second-order valence-electron chi connectivity index (χ2n) is 6.89. The number of nitrogens with one attached hydrogen (secondary N) is 3. The van der Waals surface area contributed by atoms with Gasteiger partial charge in [-0.3, -0.25) is 14.4 Å². The number of benzene rings is 1. The van der Waals surface area contributed by atoms with Gasteiger partial charge in [0, 0.05) is 24.7 Å². The molecule has 2 rings (SSSR count). The first-order chi connectivity index (χ1) is 14.7. The van der Waals surface area contributed by atoms with Crippen molar-refractivity contribution < 1.29 is 29.4 Å². The predicted octanol–water partition coefficient (Wildman–Crippen LogP) is -1.84. The van der Waals surface area contributed by atoms with Crippen molar-refractivity contribution in [3.8, 4) is 5.75 Å². The number of nitrogens with zero attached hydrogens (tertiary/aromatic N) is 1. The molecule has 9 N–H and O–H groups in total. The SMILES string of the molecule is NC(=O)CC(N)C(=O)NC(Cc1ccc(O)cc1)C(=O)NC(Cc1cnc[nH]1)C(=O)O. The van der Waals surface area contributed by atoms with E-state index in [1.54, 1.807) is 12.1 Å². The molecule has 2 aromatic rings. The first kappa shape index (κ1) is 23.3. The number of rotatable bonds is 11. The lowest BCUT2D eigenvalue weighted by atomic mass is 10.0. The Morgan fingerprint density at radius 2 is 1.68 bits per heavy atom. The Kier molecular flexibility index (Phi) is 8.09. The summed E-state index contributed by atoms with van der Waals surface area (Å²) in [5, 5.41) is 23.7. The molecule has 3 atom stereocenters. The highest BCUT2D eigenvalue weighted by atomic mass is 16.4. The van der Waals surface area contributed by atoms with Gasteiger partial charge in [-0.2, -0.15) is 0 Å². The van der Waals surface area contributed by atoms with Gasteiger partial charge in [0.15, 0.2) is 0 Å². The molecule has 0 saturated carbocycles. The zero-order valence-electron chi connectivity index (χ0n) is 16.4. The Labute approximate surface area is 177 Å². The van der Waals surface area contributed by atoms with Gasteiger partial charge in [-0.1, -0.05) is 12.1 Å². The van der Waals surface area contributed by atoms with Gasteiger partial charge in [0.05, 0.1) is 18.8 Å². The minimum absolute atomic E-state index is 0.0163. The van der Waals surface area contributed by atoms with Crippen LogP contribution in [-0.2, 0) is 32.0 Å². The standard InChI is InChI=1S/C19H24N6O6/c20-13(7-16(21)27)17(28)24-14(5-10-1-3-12(26)4-2-10)18(29)25-15(19(30)31)6-11-8-22-9-23-11/h1-4,8-9,13-15,26H,5-7,20H2,(H2,21,27)(H,22,23)(H,24,28)(H,25,29)(H,30,31). The van der Waals surface area contributed by atoms with E-state index in [-0.39, 0.29) is 18.6 Å². The number of imidazole rings is 1. The van der Waals surface area contributed by atoms with E-state index in [1.807, 2.05) is 0 Å². The number of carboxylic acids is 1. The van der Waals surface area contributed by atoms with E-state index in [0.717, 1.165) is 0 Å². The molecule has 3 unspecified atom stereocenters. The molecule has 0 radical (unpaired) electrons. The Morgan fingerprint density at radius 3 is 2.23 bits per heavy atom. The summed E-state index contributed by atoms with van der Waals surface area (Å²) in [7, 11) is 0. The van der Waals surface area contributed by atoms with Crippen LogP contribution in [0, 0.1) is 0 Å². The van der Waals surface area contributed by atoms with Crippen LogP contribution in [0.2, 0.25) is 0 Å². The van der Waals surface area contributed by atoms with Gasteiger partial charge in [-0.05, 0) is 17.7 Å². The number of nitrogens with two attached hydrogens (primary N) is 2. The van der Waals surface area contributed by atoms with Gasteiger partial charge in [0.2, 0.25) is 17.7 Å². The van der Waals surface area contributed by atoms with Crippen LogP contribution in [0.1, 0.15) is 17.7 Å². The summed E-state index contributed by atoms with van der Waals surface area (Å²) in [6, 6.07) is 2.15. The van der Waals surface area contributed by atoms with E-state index < -0.39 is 48.2 Å². The number of phenolic OH excluding ortho intramolecular Hbond substituents is 1. The van der Waals surface area contributed by atoms with E-state index in [2.05, 4.69) is 20.6 Å². The third-order valence-corrected chi connectivity index (χ3v) is 4.36. The van der Waals surface area contributed by atoms with Crippen molar-refractivity contribution in [2.24, 2.45) is 11.5 Å². The number of aromatic amines is 1. The molecule has 0 bridgehead atoms. The molecule has 31 heavy (non-hydrogen) atoms. The van der Waals surface area contributed by atoms with Crippen LogP contribution in [0.25, 0.3) is 0 Å². The second kappa shape index (κ2) is 10.7. The second-order valence-corrected chi connectivity index (χ2v) is 6.89. The fraction of sp³-hybridized carbons (Fsp3) is 0.316. The zero-order valence-corrected chi connectivity index (χ0v) is 16.4. The summed E-state index contributed by atoms with van der Waals surface area (Å²) in [5.41, 5.74) is 11.8. The molecule has 3 amide bonds. The number of aromatic hydroxyl groups is 1. The van der Waals surface area contributed by atoms with Crippen LogP contribution in [-0.4, -0.2) is 62.0 Å². The number of hydrogen-bond donors (Lipinski definition) is 7. The van der Waals surface area contributed by atoms with E-state index >= 15 is 0 Å². The predicted molar refractivity (Wildman–Crippen MR) is 107 cm³/mol. The quantitative estimate of drug-likeness (QED) is 0.214. The monoisotopic (exact) mass is 432 g/mol. The topological polar surface area (TPSA) is 214 Å². The highest BCUT2D eigenvalue weighted by molar-refractivity contribution is 5.93. The van der Waals surface area contributed by atoms with Gasteiger partial charge in [-0.25, -0.2) is 9.78 Å². The molecule has 166 valence electrons. The molecule has 0 aliphatic heterocycles. The smallest absolute Gasteiger partial charge is 0.326 e. The Balaban J connectivity index is 2.16. The molecular formula is C19H24N6O6. The minimum Gasteiger partial charge on any atom is -0.508 e. The molecule has 0 saturated heterocycles. The van der Waals surface area contributed by atoms with Gasteiger partial charge < -0.3 is 37.3 Å². The number of aromatic nitrogens is 2. The van der Waals surface area contributed by atoms with Crippen LogP contribution in [0.15, 0.2) is 36.8 Å². The molecule has 0 spiro atoms. The van der Waals surface area contributed by atoms with Crippen molar-refractivity contribution in [1.29, 1.82) is 0 Å². The lowest BCUT2D eigenvalue weighted by Crippen LogP contribution is -2.56. The number of aliphatic carboxylic acids is 1. The molecule has 0 fully saturated rings. The lowest BCUT2D eigenvalue weighted by molar-refractivity contribution is -0.142. The zero-order chi connectivity index (χ0) is 23.0. The largest absolute Gasteiger partial charge is 0.508 e. The first-order valence-corrected chi connectivity index (χ1v) is 9.28. The molecular weight excluding hydrogens is 408 g/mol. The Morgan fingerprint density at radius 1 is 1.03 bits per heavy atom. The lowest BCUT2D eigenvalue weighted by Gasteiger charge is -2.23. The number of carbonyl (C=O) groups is 4. The van der Waals surface area contributed by atoms with E-state index in [4.69, 9.17) is 11.5 Å². The Bertz CT molecular complexity index is 914. The molecule has 1 heterocycles. The molecule has 12 heteroatoms. The summed E-state index contributed by atoms with van der Waals surface area (Å²) in [5.74, 6) is -3.60. The minimum atomic E-state index is -1.29. The summed E-state index contributed by atoms with van der Waals surface area (Å²) >= 11 is 0. The van der Waals surface area contributed by atoms with Crippen molar-refractivity contribution in [3.63, 3.8) is 0 Å². The summed E-state index contributed by atoms with van der Waals surface area (Å²) in [6.07, 6.45) is 2.32. The van der Waals surface area contributed by atoms with E-state index in [9.17, 15) is 29.4 Å². The number of carbonyl (C=O) groups excluding carboxylic acids is 3.